The summed E-state index contributed by atoms with van der Waals surface area (Å²) in [5.41, 5.74) is 0.850. The summed E-state index contributed by atoms with van der Waals surface area (Å²) < 4.78 is 0. The lowest BCUT2D eigenvalue weighted by Crippen LogP contribution is -2.26. The average molecular weight is 237 g/mol. The first-order valence-electron chi connectivity index (χ1n) is 5.76. The molecule has 0 spiro atoms. The minimum absolute atomic E-state index is 0.0514. The van der Waals surface area contributed by atoms with E-state index >= 15 is 0 Å². The Balaban J connectivity index is 2.77. The number of rotatable bonds is 6. The van der Waals surface area contributed by atoms with Crippen molar-refractivity contribution in [3.8, 4) is 5.75 Å². The Labute approximate surface area is 101 Å². The van der Waals surface area contributed by atoms with Crippen molar-refractivity contribution >= 4 is 5.97 Å². The van der Waals surface area contributed by atoms with Crippen LogP contribution in [0.3, 0.4) is 0 Å². The van der Waals surface area contributed by atoms with Gasteiger partial charge in [-0.2, -0.15) is 0 Å². The van der Waals surface area contributed by atoms with Crippen LogP contribution in [0.4, 0.5) is 0 Å². The normalized spacial score (nSPS) is 12.6. The first-order chi connectivity index (χ1) is 8.06. The molecule has 0 aromatic heterocycles. The molecule has 0 aliphatic heterocycles. The number of phenols is 1. The number of nitrogens with zero attached hydrogens (tertiary/aromatic N) is 1. The lowest BCUT2D eigenvalue weighted by molar-refractivity contribution is -0.137. The summed E-state index contributed by atoms with van der Waals surface area (Å²) in [5.74, 6) is -0.537. The van der Waals surface area contributed by atoms with Gasteiger partial charge in [0.2, 0.25) is 0 Å². The van der Waals surface area contributed by atoms with E-state index in [-0.39, 0.29) is 18.2 Å². The van der Waals surface area contributed by atoms with Crippen molar-refractivity contribution in [1.29, 1.82) is 0 Å². The monoisotopic (exact) mass is 237 g/mol. The van der Waals surface area contributed by atoms with E-state index in [1.807, 2.05) is 31.0 Å². The number of carbonyl (C=O) groups is 1. The Bertz CT molecular complexity index is 379. The molecule has 1 atom stereocenters. The molecule has 17 heavy (non-hydrogen) atoms. The smallest absolute Gasteiger partial charge is 0.304 e. The molecular formula is C13H19NO3. The number of aliphatic carboxylic acids is 1. The van der Waals surface area contributed by atoms with Crippen LogP contribution in [0.1, 0.15) is 31.4 Å². The largest absolute Gasteiger partial charge is 0.508 e. The number of phenolic OH excluding ortho intramolecular Hbond substituents is 1. The van der Waals surface area contributed by atoms with E-state index in [0.29, 0.717) is 6.54 Å². The van der Waals surface area contributed by atoms with Crippen LogP contribution in [-0.2, 0) is 4.79 Å². The number of benzene rings is 1. The lowest BCUT2D eigenvalue weighted by atomic mass is 10.0. The fourth-order valence-corrected chi connectivity index (χ4v) is 1.97. The van der Waals surface area contributed by atoms with Crippen LogP contribution in [0.25, 0.3) is 0 Å². The van der Waals surface area contributed by atoms with E-state index in [1.54, 1.807) is 12.1 Å². The summed E-state index contributed by atoms with van der Waals surface area (Å²) in [5, 5.41) is 18.5. The number of para-hydroxylation sites is 1. The molecule has 4 heteroatoms. The van der Waals surface area contributed by atoms with Crippen LogP contribution in [0.5, 0.6) is 5.75 Å². The number of aromatic hydroxyl groups is 1. The van der Waals surface area contributed by atoms with E-state index < -0.39 is 5.97 Å². The maximum atomic E-state index is 10.5. The van der Waals surface area contributed by atoms with Gasteiger partial charge in [0.05, 0.1) is 6.42 Å². The standard InChI is InChI=1S/C13H19NO3/c1-3-11(14(2)9-8-13(16)17)10-6-4-5-7-12(10)15/h4-7,11,15H,3,8-9H2,1-2H3,(H,16,17). The highest BCUT2D eigenvalue weighted by Crippen LogP contribution is 2.29. The van der Waals surface area contributed by atoms with E-state index in [1.165, 1.54) is 0 Å². The second-order valence-electron chi connectivity index (χ2n) is 4.11. The van der Waals surface area contributed by atoms with Crippen molar-refractivity contribution in [2.24, 2.45) is 0 Å². The van der Waals surface area contributed by atoms with Crippen LogP contribution in [0.2, 0.25) is 0 Å². The summed E-state index contributed by atoms with van der Waals surface area (Å²) in [4.78, 5) is 12.5. The molecule has 0 saturated carbocycles. The number of carboxylic acid groups (broad SMARTS) is 1. The predicted molar refractivity (Wildman–Crippen MR) is 66.0 cm³/mol. The SMILES string of the molecule is CCC(c1ccccc1O)N(C)CCC(=O)O. The number of hydrogen-bond acceptors (Lipinski definition) is 3. The van der Waals surface area contributed by atoms with Crippen molar-refractivity contribution in [3.05, 3.63) is 29.8 Å². The zero-order chi connectivity index (χ0) is 12.8. The summed E-state index contributed by atoms with van der Waals surface area (Å²) in [6.45, 7) is 2.50. The third-order valence-corrected chi connectivity index (χ3v) is 2.89. The van der Waals surface area contributed by atoms with Crippen molar-refractivity contribution in [2.45, 2.75) is 25.8 Å². The van der Waals surface area contributed by atoms with Crippen LogP contribution in [0, 0.1) is 0 Å². The van der Waals surface area contributed by atoms with Crippen LogP contribution < -0.4 is 0 Å². The Hall–Kier alpha value is -1.55. The molecule has 0 amide bonds. The molecule has 0 heterocycles. The third-order valence-electron chi connectivity index (χ3n) is 2.89. The molecule has 0 fully saturated rings. The Morgan fingerprint density at radius 3 is 2.59 bits per heavy atom. The van der Waals surface area contributed by atoms with Crippen molar-refractivity contribution < 1.29 is 15.0 Å². The van der Waals surface area contributed by atoms with Gasteiger partial charge < -0.3 is 10.2 Å². The van der Waals surface area contributed by atoms with Gasteiger partial charge in [0, 0.05) is 18.2 Å². The first kappa shape index (κ1) is 13.5. The van der Waals surface area contributed by atoms with Crippen molar-refractivity contribution in [1.82, 2.24) is 4.90 Å². The molecule has 1 aromatic carbocycles. The zero-order valence-electron chi connectivity index (χ0n) is 10.3. The maximum absolute atomic E-state index is 10.5. The van der Waals surface area contributed by atoms with Gasteiger partial charge >= 0.3 is 5.97 Å². The molecule has 0 radical (unpaired) electrons. The quantitative estimate of drug-likeness (QED) is 0.796. The lowest BCUT2D eigenvalue weighted by Gasteiger charge is -2.27. The summed E-state index contributed by atoms with van der Waals surface area (Å²) in [6, 6.07) is 7.24. The molecule has 4 nitrogen and oxygen atoms in total. The fourth-order valence-electron chi connectivity index (χ4n) is 1.97. The number of hydrogen-bond donors (Lipinski definition) is 2. The van der Waals surface area contributed by atoms with Gasteiger partial charge in [-0.1, -0.05) is 25.1 Å². The minimum atomic E-state index is -0.802. The van der Waals surface area contributed by atoms with Gasteiger partial charge in [0.25, 0.3) is 0 Å². The topological polar surface area (TPSA) is 60.8 Å². The highest BCUT2D eigenvalue weighted by Gasteiger charge is 2.18. The molecule has 94 valence electrons. The highest BCUT2D eigenvalue weighted by molar-refractivity contribution is 5.66. The fraction of sp³-hybridized carbons (Fsp3) is 0.462. The summed E-state index contributed by atoms with van der Waals surface area (Å²) >= 11 is 0. The minimum Gasteiger partial charge on any atom is -0.508 e. The zero-order valence-corrected chi connectivity index (χ0v) is 10.3. The second-order valence-corrected chi connectivity index (χ2v) is 4.11. The van der Waals surface area contributed by atoms with Crippen molar-refractivity contribution in [3.63, 3.8) is 0 Å². The second kappa shape index (κ2) is 6.25. The predicted octanol–water partition coefficient (Wildman–Crippen LogP) is 2.25. The van der Waals surface area contributed by atoms with Crippen LogP contribution in [-0.4, -0.2) is 34.7 Å². The summed E-state index contributed by atoms with van der Waals surface area (Å²) in [7, 11) is 1.88. The van der Waals surface area contributed by atoms with Crippen LogP contribution in [0.15, 0.2) is 24.3 Å². The van der Waals surface area contributed by atoms with Crippen molar-refractivity contribution in [2.75, 3.05) is 13.6 Å². The van der Waals surface area contributed by atoms with Gasteiger partial charge in [-0.05, 0) is 19.5 Å². The maximum Gasteiger partial charge on any atom is 0.304 e. The van der Waals surface area contributed by atoms with E-state index in [2.05, 4.69) is 0 Å². The molecule has 0 aliphatic carbocycles. The van der Waals surface area contributed by atoms with Gasteiger partial charge in [-0.25, -0.2) is 0 Å². The molecule has 2 N–H and O–H groups in total. The molecule has 0 saturated heterocycles. The molecule has 1 aromatic rings. The molecule has 1 rings (SSSR count). The third kappa shape index (κ3) is 3.75. The molecule has 0 aliphatic rings. The Morgan fingerprint density at radius 2 is 2.06 bits per heavy atom. The van der Waals surface area contributed by atoms with Crippen LogP contribution >= 0.6 is 0 Å². The van der Waals surface area contributed by atoms with E-state index in [9.17, 15) is 9.90 Å². The van der Waals surface area contributed by atoms with E-state index in [4.69, 9.17) is 5.11 Å². The summed E-state index contributed by atoms with van der Waals surface area (Å²) in [6.07, 6.45) is 0.939. The van der Waals surface area contributed by atoms with Gasteiger partial charge in [-0.15, -0.1) is 0 Å². The molecule has 0 bridgehead atoms. The molecular weight excluding hydrogens is 218 g/mol. The number of carboxylic acids is 1. The van der Waals surface area contributed by atoms with Gasteiger partial charge in [-0.3, -0.25) is 9.69 Å². The first-order valence-corrected chi connectivity index (χ1v) is 5.76. The highest BCUT2D eigenvalue weighted by atomic mass is 16.4. The van der Waals surface area contributed by atoms with Gasteiger partial charge in [0.1, 0.15) is 5.75 Å². The Morgan fingerprint density at radius 1 is 1.41 bits per heavy atom. The van der Waals surface area contributed by atoms with Gasteiger partial charge in [0.15, 0.2) is 0 Å². The average Bonchev–Trinajstić information content (AvgIpc) is 2.30. The Kier molecular flexibility index (Phi) is 4.97. The molecule has 1 unspecified atom stereocenters. The van der Waals surface area contributed by atoms with E-state index in [0.717, 1.165) is 12.0 Å².